The van der Waals surface area contributed by atoms with Gasteiger partial charge in [0.15, 0.2) is 5.82 Å². The SMILES string of the molecule is CCCn1nnnc1COc1ccc(Br)cc1Cl. The van der Waals surface area contributed by atoms with Crippen molar-refractivity contribution in [2.24, 2.45) is 0 Å². The van der Waals surface area contributed by atoms with Crippen LogP contribution in [0.2, 0.25) is 5.02 Å². The van der Waals surface area contributed by atoms with E-state index in [1.54, 1.807) is 16.8 Å². The fraction of sp³-hybridized carbons (Fsp3) is 0.364. The molecule has 18 heavy (non-hydrogen) atoms. The molecule has 96 valence electrons. The highest BCUT2D eigenvalue weighted by Crippen LogP contribution is 2.28. The molecule has 0 saturated carbocycles. The van der Waals surface area contributed by atoms with Crippen molar-refractivity contribution in [1.29, 1.82) is 0 Å². The van der Waals surface area contributed by atoms with Crippen molar-refractivity contribution in [3.05, 3.63) is 33.5 Å². The fourth-order valence-corrected chi connectivity index (χ4v) is 2.17. The van der Waals surface area contributed by atoms with E-state index in [4.69, 9.17) is 16.3 Å². The second-order valence-corrected chi connectivity index (χ2v) is 5.00. The minimum absolute atomic E-state index is 0.300. The summed E-state index contributed by atoms with van der Waals surface area (Å²) >= 11 is 9.40. The summed E-state index contributed by atoms with van der Waals surface area (Å²) in [6, 6.07) is 5.46. The third-order valence-corrected chi connectivity index (χ3v) is 3.08. The number of rotatable bonds is 5. The number of hydrogen-bond acceptors (Lipinski definition) is 4. The Labute approximate surface area is 118 Å². The third-order valence-electron chi connectivity index (χ3n) is 2.29. The van der Waals surface area contributed by atoms with Gasteiger partial charge in [0.1, 0.15) is 12.4 Å². The molecule has 1 aromatic carbocycles. The van der Waals surface area contributed by atoms with Crippen LogP contribution in [0.3, 0.4) is 0 Å². The van der Waals surface area contributed by atoms with Crippen molar-refractivity contribution in [3.63, 3.8) is 0 Å². The molecule has 0 saturated heterocycles. The lowest BCUT2D eigenvalue weighted by Gasteiger charge is -2.08. The van der Waals surface area contributed by atoms with Crippen LogP contribution in [-0.4, -0.2) is 20.2 Å². The van der Waals surface area contributed by atoms with E-state index >= 15 is 0 Å². The predicted octanol–water partition coefficient (Wildman–Crippen LogP) is 3.08. The van der Waals surface area contributed by atoms with E-state index < -0.39 is 0 Å². The van der Waals surface area contributed by atoms with Gasteiger partial charge in [0, 0.05) is 11.0 Å². The highest BCUT2D eigenvalue weighted by molar-refractivity contribution is 9.10. The molecular formula is C11H12BrClN4O. The number of aromatic nitrogens is 4. The lowest BCUT2D eigenvalue weighted by molar-refractivity contribution is 0.286. The summed E-state index contributed by atoms with van der Waals surface area (Å²) in [6.07, 6.45) is 0.969. The zero-order chi connectivity index (χ0) is 13.0. The van der Waals surface area contributed by atoms with Crippen molar-refractivity contribution >= 4 is 27.5 Å². The number of tetrazole rings is 1. The Morgan fingerprint density at radius 2 is 2.28 bits per heavy atom. The van der Waals surface area contributed by atoms with E-state index in [2.05, 4.69) is 38.4 Å². The number of aryl methyl sites for hydroxylation is 1. The van der Waals surface area contributed by atoms with E-state index in [9.17, 15) is 0 Å². The summed E-state index contributed by atoms with van der Waals surface area (Å²) in [5, 5.41) is 12.0. The van der Waals surface area contributed by atoms with Gasteiger partial charge < -0.3 is 4.74 Å². The van der Waals surface area contributed by atoms with Crippen LogP contribution in [-0.2, 0) is 13.2 Å². The normalized spacial score (nSPS) is 10.6. The molecule has 0 unspecified atom stereocenters. The molecule has 0 radical (unpaired) electrons. The smallest absolute Gasteiger partial charge is 0.189 e. The summed E-state index contributed by atoms with van der Waals surface area (Å²) < 4.78 is 8.25. The van der Waals surface area contributed by atoms with Crippen molar-refractivity contribution < 1.29 is 4.74 Å². The molecule has 1 aromatic heterocycles. The summed E-state index contributed by atoms with van der Waals surface area (Å²) in [4.78, 5) is 0. The van der Waals surface area contributed by atoms with Gasteiger partial charge in [0.25, 0.3) is 0 Å². The molecule has 0 bridgehead atoms. The van der Waals surface area contributed by atoms with Gasteiger partial charge in [-0.05, 0) is 35.0 Å². The Hall–Kier alpha value is -1.14. The molecule has 0 amide bonds. The molecule has 0 N–H and O–H groups in total. The first kappa shape index (κ1) is 13.3. The number of benzene rings is 1. The molecule has 5 nitrogen and oxygen atoms in total. The largest absolute Gasteiger partial charge is 0.484 e. The zero-order valence-corrected chi connectivity index (χ0v) is 12.1. The standard InChI is InChI=1S/C11H12BrClN4O/c1-2-5-17-11(14-15-16-17)7-18-10-4-3-8(12)6-9(10)13/h3-4,6H,2,5,7H2,1H3. The quantitative estimate of drug-likeness (QED) is 0.845. The van der Waals surface area contributed by atoms with Crippen molar-refractivity contribution in [1.82, 2.24) is 20.2 Å². The minimum atomic E-state index is 0.300. The van der Waals surface area contributed by atoms with Gasteiger partial charge in [0.2, 0.25) is 0 Å². The first-order valence-corrected chi connectivity index (χ1v) is 6.70. The summed E-state index contributed by atoms with van der Waals surface area (Å²) in [6.45, 7) is 3.14. The molecule has 1 heterocycles. The predicted molar refractivity (Wildman–Crippen MR) is 71.6 cm³/mol. The Kier molecular flexibility index (Phi) is 4.54. The summed E-state index contributed by atoms with van der Waals surface area (Å²) in [5.74, 6) is 1.31. The van der Waals surface area contributed by atoms with Crippen LogP contribution in [0, 0.1) is 0 Å². The molecule has 0 aliphatic carbocycles. The number of halogens is 2. The average molecular weight is 332 g/mol. The Balaban J connectivity index is 2.04. The van der Waals surface area contributed by atoms with Crippen LogP contribution in [0.15, 0.2) is 22.7 Å². The first-order chi connectivity index (χ1) is 8.70. The molecule has 0 aliphatic heterocycles. The molecule has 0 spiro atoms. The third kappa shape index (κ3) is 3.20. The number of ether oxygens (including phenoxy) is 1. The van der Waals surface area contributed by atoms with Crippen LogP contribution in [0.25, 0.3) is 0 Å². The lowest BCUT2D eigenvalue weighted by Crippen LogP contribution is -2.08. The fourth-order valence-electron chi connectivity index (χ4n) is 1.45. The van der Waals surface area contributed by atoms with Crippen LogP contribution in [0.4, 0.5) is 0 Å². The Bertz CT molecular complexity index is 532. The second-order valence-electron chi connectivity index (χ2n) is 3.68. The lowest BCUT2D eigenvalue weighted by atomic mass is 10.3. The van der Waals surface area contributed by atoms with Crippen molar-refractivity contribution in [3.8, 4) is 5.75 Å². The van der Waals surface area contributed by atoms with Crippen LogP contribution in [0.1, 0.15) is 19.2 Å². The van der Waals surface area contributed by atoms with Gasteiger partial charge in [-0.3, -0.25) is 0 Å². The monoisotopic (exact) mass is 330 g/mol. The maximum absolute atomic E-state index is 6.06. The number of hydrogen-bond donors (Lipinski definition) is 0. The zero-order valence-electron chi connectivity index (χ0n) is 9.81. The molecular weight excluding hydrogens is 320 g/mol. The van der Waals surface area contributed by atoms with E-state index in [-0.39, 0.29) is 0 Å². The first-order valence-electron chi connectivity index (χ1n) is 5.53. The summed E-state index contributed by atoms with van der Waals surface area (Å²) in [7, 11) is 0. The van der Waals surface area contributed by atoms with Gasteiger partial charge in [-0.1, -0.05) is 34.5 Å². The summed E-state index contributed by atoms with van der Waals surface area (Å²) in [5.41, 5.74) is 0. The van der Waals surface area contributed by atoms with E-state index in [1.165, 1.54) is 0 Å². The van der Waals surface area contributed by atoms with Gasteiger partial charge >= 0.3 is 0 Å². The van der Waals surface area contributed by atoms with E-state index in [0.29, 0.717) is 23.2 Å². The molecule has 0 atom stereocenters. The van der Waals surface area contributed by atoms with Gasteiger partial charge in [0.05, 0.1) is 5.02 Å². The Morgan fingerprint density at radius 1 is 1.44 bits per heavy atom. The van der Waals surface area contributed by atoms with Crippen molar-refractivity contribution in [2.45, 2.75) is 26.5 Å². The van der Waals surface area contributed by atoms with Gasteiger partial charge in [-0.25, -0.2) is 4.68 Å². The maximum Gasteiger partial charge on any atom is 0.189 e. The van der Waals surface area contributed by atoms with Crippen molar-refractivity contribution in [2.75, 3.05) is 0 Å². The molecule has 7 heteroatoms. The second kappa shape index (κ2) is 6.15. The van der Waals surface area contributed by atoms with Crippen LogP contribution in [0.5, 0.6) is 5.75 Å². The molecule has 0 aliphatic rings. The maximum atomic E-state index is 6.06. The van der Waals surface area contributed by atoms with Gasteiger partial charge in [-0.15, -0.1) is 5.10 Å². The topological polar surface area (TPSA) is 52.8 Å². The molecule has 2 aromatic rings. The minimum Gasteiger partial charge on any atom is -0.484 e. The van der Waals surface area contributed by atoms with Crippen LogP contribution >= 0.6 is 27.5 Å². The highest BCUT2D eigenvalue weighted by Gasteiger charge is 2.08. The highest BCUT2D eigenvalue weighted by atomic mass is 79.9. The Morgan fingerprint density at radius 3 is 3.00 bits per heavy atom. The molecule has 0 fully saturated rings. The van der Waals surface area contributed by atoms with E-state index in [0.717, 1.165) is 17.4 Å². The van der Waals surface area contributed by atoms with Gasteiger partial charge in [-0.2, -0.15) is 0 Å². The number of nitrogens with zero attached hydrogens (tertiary/aromatic N) is 4. The van der Waals surface area contributed by atoms with Crippen LogP contribution < -0.4 is 4.74 Å². The van der Waals surface area contributed by atoms with E-state index in [1.807, 2.05) is 6.07 Å². The average Bonchev–Trinajstić information content (AvgIpc) is 2.76. The molecule has 2 rings (SSSR count).